The van der Waals surface area contributed by atoms with Crippen molar-refractivity contribution >= 4 is 11.6 Å². The molecule has 0 radical (unpaired) electrons. The number of hydrogen-bond donors (Lipinski definition) is 1. The summed E-state index contributed by atoms with van der Waals surface area (Å²) in [7, 11) is 0. The summed E-state index contributed by atoms with van der Waals surface area (Å²) in [5.74, 6) is 0.877. The zero-order valence-corrected chi connectivity index (χ0v) is 10.9. The third kappa shape index (κ3) is 4.86. The SMILES string of the molecule is CCC(CNC(C)C)Oc1ccc(Cl)cc1. The number of ether oxygens (including phenoxy) is 1. The monoisotopic (exact) mass is 241 g/mol. The van der Waals surface area contributed by atoms with Crippen LogP contribution in [0.25, 0.3) is 0 Å². The lowest BCUT2D eigenvalue weighted by Gasteiger charge is -2.19. The highest BCUT2D eigenvalue weighted by molar-refractivity contribution is 6.30. The lowest BCUT2D eigenvalue weighted by atomic mass is 10.2. The summed E-state index contributed by atoms with van der Waals surface area (Å²) in [6, 6.07) is 7.99. The Labute approximate surface area is 103 Å². The van der Waals surface area contributed by atoms with Crippen molar-refractivity contribution in [2.45, 2.75) is 39.3 Å². The van der Waals surface area contributed by atoms with E-state index in [9.17, 15) is 0 Å². The number of rotatable bonds is 6. The molecule has 1 N–H and O–H groups in total. The molecular weight excluding hydrogens is 222 g/mol. The van der Waals surface area contributed by atoms with Gasteiger partial charge in [0.25, 0.3) is 0 Å². The van der Waals surface area contributed by atoms with Crippen LogP contribution in [0.15, 0.2) is 24.3 Å². The van der Waals surface area contributed by atoms with E-state index in [2.05, 4.69) is 26.1 Å². The zero-order chi connectivity index (χ0) is 12.0. The first-order valence-corrected chi connectivity index (χ1v) is 6.15. The van der Waals surface area contributed by atoms with Crippen LogP contribution in [-0.2, 0) is 0 Å². The number of benzene rings is 1. The van der Waals surface area contributed by atoms with Crippen LogP contribution in [0.1, 0.15) is 27.2 Å². The molecule has 1 unspecified atom stereocenters. The molecule has 0 heterocycles. The van der Waals surface area contributed by atoms with Gasteiger partial charge in [0.2, 0.25) is 0 Å². The van der Waals surface area contributed by atoms with E-state index >= 15 is 0 Å². The molecule has 0 aliphatic rings. The predicted molar refractivity (Wildman–Crippen MR) is 69.3 cm³/mol. The van der Waals surface area contributed by atoms with E-state index in [-0.39, 0.29) is 6.10 Å². The smallest absolute Gasteiger partial charge is 0.119 e. The van der Waals surface area contributed by atoms with Gasteiger partial charge in [-0.3, -0.25) is 0 Å². The molecule has 1 atom stereocenters. The molecular formula is C13H20ClNO. The Bertz CT molecular complexity index is 297. The molecule has 0 saturated carbocycles. The molecule has 1 rings (SSSR count). The molecule has 2 nitrogen and oxygen atoms in total. The number of hydrogen-bond acceptors (Lipinski definition) is 2. The Kier molecular flexibility index (Phi) is 5.64. The maximum Gasteiger partial charge on any atom is 0.119 e. The molecule has 0 saturated heterocycles. The van der Waals surface area contributed by atoms with Gasteiger partial charge in [-0.2, -0.15) is 0 Å². The van der Waals surface area contributed by atoms with E-state index in [1.807, 2.05) is 24.3 Å². The van der Waals surface area contributed by atoms with Gasteiger partial charge < -0.3 is 10.1 Å². The molecule has 0 fully saturated rings. The van der Waals surface area contributed by atoms with Gasteiger partial charge >= 0.3 is 0 Å². The highest BCUT2D eigenvalue weighted by atomic mass is 35.5. The van der Waals surface area contributed by atoms with E-state index < -0.39 is 0 Å². The molecule has 0 bridgehead atoms. The quantitative estimate of drug-likeness (QED) is 0.823. The first-order chi connectivity index (χ1) is 7.61. The normalized spacial score (nSPS) is 12.8. The Morgan fingerprint density at radius 3 is 2.38 bits per heavy atom. The molecule has 0 aromatic heterocycles. The number of halogens is 1. The van der Waals surface area contributed by atoms with Gasteiger partial charge in [-0.1, -0.05) is 32.4 Å². The molecule has 90 valence electrons. The summed E-state index contributed by atoms with van der Waals surface area (Å²) in [6.45, 7) is 7.27. The van der Waals surface area contributed by atoms with Crippen molar-refractivity contribution in [1.29, 1.82) is 0 Å². The van der Waals surface area contributed by atoms with Crippen molar-refractivity contribution in [3.8, 4) is 5.75 Å². The van der Waals surface area contributed by atoms with Gasteiger partial charge in [0.05, 0.1) is 0 Å². The largest absolute Gasteiger partial charge is 0.489 e. The summed E-state index contributed by atoms with van der Waals surface area (Å²) in [5, 5.41) is 4.11. The molecule has 0 aliphatic heterocycles. The van der Waals surface area contributed by atoms with E-state index in [4.69, 9.17) is 16.3 Å². The highest BCUT2D eigenvalue weighted by Crippen LogP contribution is 2.17. The van der Waals surface area contributed by atoms with Crippen LogP contribution in [0.4, 0.5) is 0 Å². The summed E-state index contributed by atoms with van der Waals surface area (Å²) < 4.78 is 5.85. The molecule has 0 spiro atoms. The average Bonchev–Trinajstić information content (AvgIpc) is 2.26. The Morgan fingerprint density at radius 2 is 1.88 bits per heavy atom. The van der Waals surface area contributed by atoms with Crippen molar-refractivity contribution in [1.82, 2.24) is 5.32 Å². The highest BCUT2D eigenvalue weighted by Gasteiger charge is 2.08. The van der Waals surface area contributed by atoms with Crippen LogP contribution in [0.3, 0.4) is 0 Å². The fourth-order valence-electron chi connectivity index (χ4n) is 1.34. The summed E-state index contributed by atoms with van der Waals surface area (Å²) in [4.78, 5) is 0. The topological polar surface area (TPSA) is 21.3 Å². The van der Waals surface area contributed by atoms with Crippen LogP contribution < -0.4 is 10.1 Å². The zero-order valence-electron chi connectivity index (χ0n) is 10.2. The maximum absolute atomic E-state index is 5.85. The lowest BCUT2D eigenvalue weighted by Crippen LogP contribution is -2.34. The first kappa shape index (κ1) is 13.3. The van der Waals surface area contributed by atoms with Crippen molar-refractivity contribution in [3.63, 3.8) is 0 Å². The fraction of sp³-hybridized carbons (Fsp3) is 0.538. The Morgan fingerprint density at radius 1 is 1.25 bits per heavy atom. The third-order valence-electron chi connectivity index (χ3n) is 2.33. The van der Waals surface area contributed by atoms with E-state index in [1.54, 1.807) is 0 Å². The van der Waals surface area contributed by atoms with Gasteiger partial charge in [-0.25, -0.2) is 0 Å². The summed E-state index contributed by atoms with van der Waals surface area (Å²) in [5.41, 5.74) is 0. The third-order valence-corrected chi connectivity index (χ3v) is 2.58. The predicted octanol–water partition coefficient (Wildman–Crippen LogP) is 3.50. The molecule has 0 aliphatic carbocycles. The van der Waals surface area contributed by atoms with Gasteiger partial charge in [0.15, 0.2) is 0 Å². The second-order valence-electron chi connectivity index (χ2n) is 4.16. The van der Waals surface area contributed by atoms with E-state index in [0.29, 0.717) is 6.04 Å². The molecule has 3 heteroatoms. The van der Waals surface area contributed by atoms with Crippen LogP contribution in [0.2, 0.25) is 5.02 Å². The van der Waals surface area contributed by atoms with Crippen LogP contribution in [0, 0.1) is 0 Å². The van der Waals surface area contributed by atoms with Crippen molar-refractivity contribution < 1.29 is 4.74 Å². The minimum absolute atomic E-state index is 0.212. The molecule has 1 aromatic rings. The molecule has 0 amide bonds. The van der Waals surface area contributed by atoms with Gasteiger partial charge in [-0.05, 0) is 30.7 Å². The maximum atomic E-state index is 5.85. The van der Waals surface area contributed by atoms with Gasteiger partial charge in [-0.15, -0.1) is 0 Å². The fourth-order valence-corrected chi connectivity index (χ4v) is 1.47. The summed E-state index contributed by atoms with van der Waals surface area (Å²) in [6.07, 6.45) is 1.20. The van der Waals surface area contributed by atoms with Crippen LogP contribution in [0.5, 0.6) is 5.75 Å². The van der Waals surface area contributed by atoms with E-state index in [1.165, 1.54) is 0 Å². The van der Waals surface area contributed by atoms with Gasteiger partial charge in [0.1, 0.15) is 11.9 Å². The Hall–Kier alpha value is -0.730. The minimum atomic E-state index is 0.212. The second-order valence-corrected chi connectivity index (χ2v) is 4.60. The Balaban J connectivity index is 2.46. The average molecular weight is 242 g/mol. The minimum Gasteiger partial charge on any atom is -0.489 e. The van der Waals surface area contributed by atoms with Crippen molar-refractivity contribution in [2.24, 2.45) is 0 Å². The van der Waals surface area contributed by atoms with Gasteiger partial charge in [0, 0.05) is 17.6 Å². The standard InChI is InChI=1S/C13H20ClNO/c1-4-12(9-15-10(2)3)16-13-7-5-11(14)6-8-13/h5-8,10,12,15H,4,9H2,1-3H3. The van der Waals surface area contributed by atoms with Crippen molar-refractivity contribution in [3.05, 3.63) is 29.3 Å². The second kappa shape index (κ2) is 6.77. The summed E-state index contributed by atoms with van der Waals surface area (Å²) >= 11 is 5.82. The molecule has 1 aromatic carbocycles. The lowest BCUT2D eigenvalue weighted by molar-refractivity contribution is 0.190. The van der Waals surface area contributed by atoms with E-state index in [0.717, 1.165) is 23.7 Å². The van der Waals surface area contributed by atoms with Crippen molar-refractivity contribution in [2.75, 3.05) is 6.54 Å². The number of nitrogens with one attached hydrogen (secondary N) is 1. The van der Waals surface area contributed by atoms with Crippen LogP contribution in [-0.4, -0.2) is 18.7 Å². The van der Waals surface area contributed by atoms with Crippen LogP contribution >= 0.6 is 11.6 Å². The first-order valence-electron chi connectivity index (χ1n) is 5.77. The molecule has 16 heavy (non-hydrogen) atoms.